The molecule has 0 heterocycles. The summed E-state index contributed by atoms with van der Waals surface area (Å²) in [7, 11) is 3.15. The molecule has 0 amide bonds. The summed E-state index contributed by atoms with van der Waals surface area (Å²) < 4.78 is 4.43. The van der Waals surface area contributed by atoms with Crippen LogP contribution in [0.5, 0.6) is 0 Å². The van der Waals surface area contributed by atoms with Gasteiger partial charge in [0.15, 0.2) is 0 Å². The summed E-state index contributed by atoms with van der Waals surface area (Å²) in [6, 6.07) is 0.113. The third-order valence-corrected chi connectivity index (χ3v) is 0.381. The fourth-order valence-corrected chi connectivity index (χ4v) is 0.186. The second-order valence-electron chi connectivity index (χ2n) is 1.35. The van der Waals surface area contributed by atoms with E-state index in [0.717, 1.165) is 0 Å². The van der Waals surface area contributed by atoms with Crippen molar-refractivity contribution in [2.45, 2.75) is 13.0 Å². The molecule has 1 atom stereocenters. The van der Waals surface area contributed by atoms with Gasteiger partial charge in [0, 0.05) is 6.04 Å². The fraction of sp³-hybridized carbons (Fsp3) is 0.750. The van der Waals surface area contributed by atoms with Crippen molar-refractivity contribution < 1.29 is 4.74 Å². The predicted molar refractivity (Wildman–Crippen MR) is 25.0 cm³/mol. The maximum absolute atomic E-state index is 5.24. The van der Waals surface area contributed by atoms with E-state index >= 15 is 0 Å². The summed E-state index contributed by atoms with van der Waals surface area (Å²) in [5, 5.41) is 0. The maximum atomic E-state index is 5.24. The summed E-state index contributed by atoms with van der Waals surface area (Å²) in [6.45, 7) is 2.41. The van der Waals surface area contributed by atoms with Crippen LogP contribution in [0.1, 0.15) is 6.92 Å². The molecule has 2 heteroatoms. The summed E-state index contributed by atoms with van der Waals surface area (Å²) in [4.78, 5) is 0. The van der Waals surface area contributed by atoms with Crippen LogP contribution in [0, 0.1) is 7.11 Å². The van der Waals surface area contributed by atoms with Gasteiger partial charge in [0.1, 0.15) is 0 Å². The van der Waals surface area contributed by atoms with Crippen LogP contribution >= 0.6 is 0 Å². The van der Waals surface area contributed by atoms with E-state index in [9.17, 15) is 0 Å². The van der Waals surface area contributed by atoms with Crippen LogP contribution in [0.15, 0.2) is 0 Å². The van der Waals surface area contributed by atoms with Gasteiger partial charge in [0.05, 0.1) is 13.7 Å². The molecule has 0 saturated carbocycles. The van der Waals surface area contributed by atoms with E-state index in [2.05, 4.69) is 11.8 Å². The summed E-state index contributed by atoms with van der Waals surface area (Å²) in [5.74, 6) is 0. The standard InChI is InChI=1S/C4H10NO/c1-4(5)3-6-2/h4H,2-3,5H2,1H3. The van der Waals surface area contributed by atoms with Gasteiger partial charge in [0.25, 0.3) is 0 Å². The molecule has 1 unspecified atom stereocenters. The number of hydrogen-bond acceptors (Lipinski definition) is 2. The molecule has 0 aromatic rings. The molecular weight excluding hydrogens is 78.0 g/mol. The van der Waals surface area contributed by atoms with Crippen molar-refractivity contribution in [1.29, 1.82) is 0 Å². The number of ether oxygens (including phenoxy) is 1. The van der Waals surface area contributed by atoms with E-state index < -0.39 is 0 Å². The van der Waals surface area contributed by atoms with E-state index in [1.54, 1.807) is 0 Å². The molecule has 0 saturated heterocycles. The van der Waals surface area contributed by atoms with E-state index in [-0.39, 0.29) is 6.04 Å². The molecule has 0 rings (SSSR count). The topological polar surface area (TPSA) is 35.2 Å². The Morgan fingerprint density at radius 2 is 2.50 bits per heavy atom. The highest BCUT2D eigenvalue weighted by Crippen LogP contribution is 1.72. The average Bonchev–Trinajstić information content (AvgIpc) is 1.35. The van der Waals surface area contributed by atoms with Crippen molar-refractivity contribution in [3.63, 3.8) is 0 Å². The van der Waals surface area contributed by atoms with Gasteiger partial charge >= 0.3 is 0 Å². The quantitative estimate of drug-likeness (QED) is 0.521. The average molecular weight is 88.1 g/mol. The van der Waals surface area contributed by atoms with Crippen LogP contribution in [0.2, 0.25) is 0 Å². The minimum atomic E-state index is 0.113. The van der Waals surface area contributed by atoms with E-state index in [0.29, 0.717) is 6.61 Å². The largest absolute Gasteiger partial charge is 0.377 e. The molecule has 6 heavy (non-hydrogen) atoms. The summed E-state index contributed by atoms with van der Waals surface area (Å²) >= 11 is 0. The number of nitrogens with two attached hydrogens (primary N) is 1. The third-order valence-electron chi connectivity index (χ3n) is 0.381. The molecule has 0 aromatic carbocycles. The highest BCUT2D eigenvalue weighted by Gasteiger charge is 1.85. The van der Waals surface area contributed by atoms with E-state index in [1.807, 2.05) is 6.92 Å². The third kappa shape index (κ3) is 3.92. The zero-order valence-corrected chi connectivity index (χ0v) is 3.98. The Kier molecular flexibility index (Phi) is 3.08. The molecule has 0 spiro atoms. The van der Waals surface area contributed by atoms with Gasteiger partial charge < -0.3 is 10.5 Å². The lowest BCUT2D eigenvalue weighted by molar-refractivity contribution is 0.226. The van der Waals surface area contributed by atoms with Crippen molar-refractivity contribution in [1.82, 2.24) is 0 Å². The van der Waals surface area contributed by atoms with Crippen LogP contribution in [0.25, 0.3) is 0 Å². The Balaban J connectivity index is 2.63. The normalized spacial score (nSPS) is 14.5. The van der Waals surface area contributed by atoms with Gasteiger partial charge in [-0.25, -0.2) is 0 Å². The maximum Gasteiger partial charge on any atom is 0.0701 e. The second-order valence-corrected chi connectivity index (χ2v) is 1.35. The molecule has 2 nitrogen and oxygen atoms in total. The van der Waals surface area contributed by atoms with Gasteiger partial charge in [0.2, 0.25) is 0 Å². The first kappa shape index (κ1) is 5.92. The molecule has 2 N–H and O–H groups in total. The first-order valence-corrected chi connectivity index (χ1v) is 1.90. The monoisotopic (exact) mass is 88.1 g/mol. The number of rotatable bonds is 2. The van der Waals surface area contributed by atoms with E-state index in [1.165, 1.54) is 0 Å². The summed E-state index contributed by atoms with van der Waals surface area (Å²) in [6.07, 6.45) is 0. The number of hydrogen-bond donors (Lipinski definition) is 1. The Labute approximate surface area is 38.3 Å². The Morgan fingerprint density at radius 3 is 2.50 bits per heavy atom. The molecule has 37 valence electrons. The molecular formula is C4H10NO. The van der Waals surface area contributed by atoms with Crippen LogP contribution in [-0.4, -0.2) is 12.6 Å². The molecule has 1 radical (unpaired) electrons. The minimum absolute atomic E-state index is 0.113. The predicted octanol–water partition coefficient (Wildman–Crippen LogP) is 0.142. The highest BCUT2D eigenvalue weighted by atomic mass is 16.5. The van der Waals surface area contributed by atoms with Crippen molar-refractivity contribution in [2.75, 3.05) is 6.61 Å². The molecule has 0 aliphatic rings. The molecule has 0 aliphatic heterocycles. The van der Waals surface area contributed by atoms with Crippen LogP contribution in [0.4, 0.5) is 0 Å². The first-order chi connectivity index (χ1) is 2.77. The molecule has 0 bridgehead atoms. The lowest BCUT2D eigenvalue weighted by atomic mass is 10.4. The van der Waals surface area contributed by atoms with Gasteiger partial charge in [-0.3, -0.25) is 0 Å². The summed E-state index contributed by atoms with van der Waals surface area (Å²) in [5.41, 5.74) is 5.24. The fourth-order valence-electron chi connectivity index (χ4n) is 0.186. The highest BCUT2D eigenvalue weighted by molar-refractivity contribution is 4.46. The lowest BCUT2D eigenvalue weighted by Crippen LogP contribution is -2.20. The molecule has 0 aromatic heterocycles. The van der Waals surface area contributed by atoms with Crippen molar-refractivity contribution in [2.24, 2.45) is 5.73 Å². The van der Waals surface area contributed by atoms with Crippen molar-refractivity contribution in [3.05, 3.63) is 7.11 Å². The zero-order valence-electron chi connectivity index (χ0n) is 3.98. The van der Waals surface area contributed by atoms with Crippen molar-refractivity contribution >= 4 is 0 Å². The second kappa shape index (κ2) is 3.12. The van der Waals surface area contributed by atoms with Crippen LogP contribution < -0.4 is 5.73 Å². The van der Waals surface area contributed by atoms with Crippen LogP contribution in [0.3, 0.4) is 0 Å². The smallest absolute Gasteiger partial charge is 0.0701 e. The SMILES string of the molecule is [CH2]OCC(C)N. The first-order valence-electron chi connectivity index (χ1n) is 1.90. The minimum Gasteiger partial charge on any atom is -0.377 e. The Bertz CT molecular complexity index is 28.7. The van der Waals surface area contributed by atoms with Gasteiger partial charge in [-0.1, -0.05) is 0 Å². The molecule has 0 fully saturated rings. The zero-order chi connectivity index (χ0) is 4.99. The lowest BCUT2D eigenvalue weighted by Gasteiger charge is -1.98. The van der Waals surface area contributed by atoms with Crippen LogP contribution in [-0.2, 0) is 4.74 Å². The van der Waals surface area contributed by atoms with Crippen molar-refractivity contribution in [3.8, 4) is 0 Å². The Morgan fingerprint density at radius 1 is 2.00 bits per heavy atom. The Hall–Kier alpha value is -0.0800. The van der Waals surface area contributed by atoms with Gasteiger partial charge in [-0.15, -0.1) is 0 Å². The van der Waals surface area contributed by atoms with E-state index in [4.69, 9.17) is 5.73 Å². The molecule has 0 aliphatic carbocycles. The van der Waals surface area contributed by atoms with Gasteiger partial charge in [-0.2, -0.15) is 0 Å². The van der Waals surface area contributed by atoms with Gasteiger partial charge in [-0.05, 0) is 6.92 Å².